The summed E-state index contributed by atoms with van der Waals surface area (Å²) in [5.74, 6) is -0.641. The van der Waals surface area contributed by atoms with Gasteiger partial charge in [-0.3, -0.25) is 4.79 Å². The van der Waals surface area contributed by atoms with Crippen molar-refractivity contribution in [1.29, 1.82) is 0 Å². The number of carbonyl (C=O) groups is 1. The second-order valence-corrected chi connectivity index (χ2v) is 4.73. The first-order valence-electron chi connectivity index (χ1n) is 6.76. The summed E-state index contributed by atoms with van der Waals surface area (Å²) in [6.07, 6.45) is 1.68. The quantitative estimate of drug-likeness (QED) is 0.643. The normalized spacial score (nSPS) is 13.0. The van der Waals surface area contributed by atoms with Crippen molar-refractivity contribution in [2.45, 2.75) is 45.8 Å². The van der Waals surface area contributed by atoms with Gasteiger partial charge in [-0.2, -0.15) is 0 Å². The Labute approximate surface area is 120 Å². The Hall–Kier alpha value is -1.59. The van der Waals surface area contributed by atoms with E-state index in [0.29, 0.717) is 12.6 Å². The zero-order valence-electron chi connectivity index (χ0n) is 12.3. The topological polar surface area (TPSA) is 89.8 Å². The highest BCUT2D eigenvalue weighted by Gasteiger charge is 2.09. The van der Waals surface area contributed by atoms with Crippen LogP contribution < -0.4 is 5.32 Å². The van der Waals surface area contributed by atoms with Gasteiger partial charge in [-0.25, -0.2) is 0 Å². The lowest BCUT2D eigenvalue weighted by atomic mass is 10.1. The Bertz CT molecular complexity index is 391. The smallest absolute Gasteiger partial charge is 0.300 e. The van der Waals surface area contributed by atoms with Crippen molar-refractivity contribution in [1.82, 2.24) is 5.32 Å². The number of carboxylic acids is 1. The third-order valence-corrected chi connectivity index (χ3v) is 2.64. The standard InChI is InChI=1S/C13H21NO2.C2H4O2/c1-3-5-10(2)14-9-13(16)11-6-4-7-12(15)8-11;1-2(3)4/h4,6-8,10,13-16H,3,5,9H2,1-2H3;1H3,(H,3,4)/t10?,13-;/m0./s1. The molecule has 1 aromatic rings. The molecule has 0 saturated carbocycles. The summed E-state index contributed by atoms with van der Waals surface area (Å²) >= 11 is 0. The average Bonchev–Trinajstić information content (AvgIpc) is 2.35. The molecule has 1 rings (SSSR count). The number of aliphatic hydroxyl groups excluding tert-OH is 1. The van der Waals surface area contributed by atoms with E-state index in [0.717, 1.165) is 25.3 Å². The maximum absolute atomic E-state index is 9.89. The summed E-state index contributed by atoms with van der Waals surface area (Å²) in [5, 5.41) is 29.9. The minimum absolute atomic E-state index is 0.193. The lowest BCUT2D eigenvalue weighted by molar-refractivity contribution is -0.134. The number of hydrogen-bond donors (Lipinski definition) is 4. The number of hydrogen-bond acceptors (Lipinski definition) is 4. The number of nitrogens with one attached hydrogen (secondary N) is 1. The van der Waals surface area contributed by atoms with Crippen molar-refractivity contribution >= 4 is 5.97 Å². The summed E-state index contributed by atoms with van der Waals surface area (Å²) < 4.78 is 0. The van der Waals surface area contributed by atoms with Crippen LogP contribution in [0.5, 0.6) is 5.75 Å². The Kier molecular flexibility index (Phi) is 9.41. The molecule has 5 nitrogen and oxygen atoms in total. The third-order valence-electron chi connectivity index (χ3n) is 2.64. The Morgan fingerprint density at radius 2 is 2.00 bits per heavy atom. The van der Waals surface area contributed by atoms with Gasteiger partial charge in [-0.05, 0) is 31.0 Å². The zero-order valence-corrected chi connectivity index (χ0v) is 12.3. The maximum atomic E-state index is 9.89. The van der Waals surface area contributed by atoms with E-state index in [1.54, 1.807) is 18.2 Å². The lowest BCUT2D eigenvalue weighted by Crippen LogP contribution is -2.30. The molecule has 1 unspecified atom stereocenters. The molecule has 1 aromatic carbocycles. The third kappa shape index (κ3) is 9.35. The van der Waals surface area contributed by atoms with E-state index in [2.05, 4.69) is 19.2 Å². The fraction of sp³-hybridized carbons (Fsp3) is 0.533. The van der Waals surface area contributed by atoms with Crippen molar-refractivity contribution in [2.75, 3.05) is 6.54 Å². The Balaban J connectivity index is 0.000000796. The number of carboxylic acid groups (broad SMARTS) is 1. The van der Waals surface area contributed by atoms with E-state index in [1.165, 1.54) is 0 Å². The molecule has 0 heterocycles. The molecule has 0 aliphatic heterocycles. The largest absolute Gasteiger partial charge is 0.508 e. The van der Waals surface area contributed by atoms with E-state index in [-0.39, 0.29) is 5.75 Å². The van der Waals surface area contributed by atoms with Gasteiger partial charge in [-0.1, -0.05) is 25.5 Å². The molecule has 4 N–H and O–H groups in total. The van der Waals surface area contributed by atoms with E-state index < -0.39 is 12.1 Å². The second-order valence-electron chi connectivity index (χ2n) is 4.73. The number of aliphatic hydroxyl groups is 1. The first kappa shape index (κ1) is 18.4. The van der Waals surface area contributed by atoms with Gasteiger partial charge in [0, 0.05) is 19.5 Å². The minimum atomic E-state index is -0.833. The SMILES string of the molecule is CC(=O)O.CCCC(C)NC[C@H](O)c1cccc(O)c1. The summed E-state index contributed by atoms with van der Waals surface area (Å²) in [5.41, 5.74) is 0.746. The Morgan fingerprint density at radius 1 is 1.40 bits per heavy atom. The fourth-order valence-corrected chi connectivity index (χ4v) is 1.70. The summed E-state index contributed by atoms with van der Waals surface area (Å²) in [6, 6.07) is 7.16. The monoisotopic (exact) mass is 283 g/mol. The second kappa shape index (κ2) is 10.2. The molecular formula is C15H25NO4. The number of aliphatic carboxylic acids is 1. The molecule has 0 radical (unpaired) electrons. The van der Waals surface area contributed by atoms with Crippen molar-refractivity contribution in [3.05, 3.63) is 29.8 Å². The maximum Gasteiger partial charge on any atom is 0.300 e. The van der Waals surface area contributed by atoms with Gasteiger partial charge < -0.3 is 20.6 Å². The van der Waals surface area contributed by atoms with Crippen LogP contribution in [0.2, 0.25) is 0 Å². The van der Waals surface area contributed by atoms with Crippen molar-refractivity contribution < 1.29 is 20.1 Å². The lowest BCUT2D eigenvalue weighted by Gasteiger charge is -2.16. The molecule has 20 heavy (non-hydrogen) atoms. The van der Waals surface area contributed by atoms with Gasteiger partial charge in [0.1, 0.15) is 5.75 Å². The fourth-order valence-electron chi connectivity index (χ4n) is 1.70. The number of phenolic OH excluding ortho intramolecular Hbond substituents is 1. The molecule has 0 bridgehead atoms. The Morgan fingerprint density at radius 3 is 2.50 bits per heavy atom. The molecule has 0 aliphatic carbocycles. The van der Waals surface area contributed by atoms with E-state index in [1.807, 2.05) is 6.07 Å². The highest BCUT2D eigenvalue weighted by atomic mass is 16.4. The molecule has 0 fully saturated rings. The van der Waals surface area contributed by atoms with Gasteiger partial charge >= 0.3 is 0 Å². The zero-order chi connectivity index (χ0) is 15.5. The number of benzene rings is 1. The molecule has 0 aliphatic rings. The predicted molar refractivity (Wildman–Crippen MR) is 78.7 cm³/mol. The molecule has 5 heteroatoms. The summed E-state index contributed by atoms with van der Waals surface area (Å²) in [7, 11) is 0. The summed E-state index contributed by atoms with van der Waals surface area (Å²) in [4.78, 5) is 9.00. The first-order chi connectivity index (χ1) is 9.36. The highest BCUT2D eigenvalue weighted by Crippen LogP contribution is 2.17. The van der Waals surface area contributed by atoms with E-state index in [4.69, 9.17) is 9.90 Å². The van der Waals surface area contributed by atoms with Crippen LogP contribution >= 0.6 is 0 Å². The highest BCUT2D eigenvalue weighted by molar-refractivity contribution is 5.62. The van der Waals surface area contributed by atoms with Crippen molar-refractivity contribution in [3.63, 3.8) is 0 Å². The van der Waals surface area contributed by atoms with Gasteiger partial charge in [0.05, 0.1) is 6.10 Å². The van der Waals surface area contributed by atoms with Gasteiger partial charge in [0.25, 0.3) is 5.97 Å². The van der Waals surface area contributed by atoms with E-state index in [9.17, 15) is 10.2 Å². The molecule has 0 amide bonds. The van der Waals surface area contributed by atoms with Crippen molar-refractivity contribution in [2.24, 2.45) is 0 Å². The van der Waals surface area contributed by atoms with Crippen LogP contribution in [0.3, 0.4) is 0 Å². The molecular weight excluding hydrogens is 258 g/mol. The average molecular weight is 283 g/mol. The van der Waals surface area contributed by atoms with Crippen LogP contribution in [0.4, 0.5) is 0 Å². The van der Waals surface area contributed by atoms with E-state index >= 15 is 0 Å². The van der Waals surface area contributed by atoms with Crippen LogP contribution in [0.25, 0.3) is 0 Å². The summed E-state index contributed by atoms with van der Waals surface area (Å²) in [6.45, 7) is 5.85. The van der Waals surface area contributed by atoms with Gasteiger partial charge in [-0.15, -0.1) is 0 Å². The van der Waals surface area contributed by atoms with Gasteiger partial charge in [0.2, 0.25) is 0 Å². The van der Waals surface area contributed by atoms with Crippen LogP contribution in [0.1, 0.15) is 45.3 Å². The first-order valence-corrected chi connectivity index (χ1v) is 6.76. The van der Waals surface area contributed by atoms with Crippen molar-refractivity contribution in [3.8, 4) is 5.75 Å². The molecule has 114 valence electrons. The van der Waals surface area contributed by atoms with Crippen LogP contribution in [-0.2, 0) is 4.79 Å². The predicted octanol–water partition coefficient (Wildman–Crippen LogP) is 2.29. The number of phenols is 1. The van der Waals surface area contributed by atoms with Gasteiger partial charge in [0.15, 0.2) is 0 Å². The molecule has 0 spiro atoms. The van der Waals surface area contributed by atoms with Crippen LogP contribution in [0, 0.1) is 0 Å². The molecule has 0 saturated heterocycles. The van der Waals surface area contributed by atoms with Crippen LogP contribution in [-0.4, -0.2) is 33.9 Å². The van der Waals surface area contributed by atoms with Crippen LogP contribution in [0.15, 0.2) is 24.3 Å². The number of rotatable bonds is 6. The minimum Gasteiger partial charge on any atom is -0.508 e. The number of aromatic hydroxyl groups is 1. The molecule has 0 aromatic heterocycles. The molecule has 2 atom stereocenters.